The Kier molecular flexibility index (Phi) is 52.5. The highest BCUT2D eigenvalue weighted by Crippen LogP contribution is 2.12. The highest BCUT2D eigenvalue weighted by atomic mass is 16.6. The number of allylic oxidation sites excluding steroid dienone is 22. The summed E-state index contributed by atoms with van der Waals surface area (Å²) in [5.74, 6) is -1.07. The average molecular weight is 953 g/mol. The van der Waals surface area contributed by atoms with Gasteiger partial charge in [0.15, 0.2) is 6.10 Å². The summed E-state index contributed by atoms with van der Waals surface area (Å²) in [5.41, 5.74) is 0. The summed E-state index contributed by atoms with van der Waals surface area (Å²) < 4.78 is 16.7. The smallest absolute Gasteiger partial charge is 0.306 e. The maximum Gasteiger partial charge on any atom is 0.306 e. The summed E-state index contributed by atoms with van der Waals surface area (Å²) in [6.45, 7) is 6.35. The standard InChI is InChI=1S/C63H100O6/c1-4-7-10-13-16-19-22-25-28-30-31-33-36-38-41-44-47-50-53-56-62(65)68-59-60(69-63(66)57-54-51-48-45-42-39-34-27-24-21-18-15-12-9-6-3)58-67-61(64)55-52-49-46-43-40-37-35-32-29-26-23-20-17-14-11-8-5-2/h9,12,16-21,25-29,31,33-34,38,41-42,45,47,50,60H,4-8,10-11,13-15,22-24,30,32,35-37,39-40,43-44,46,48-49,51-59H2,1-3H3/b12-9-,19-16-,20-17-,21-18-,28-25-,29-26-,33-31-,34-27-,41-38-,45-42-,50-47-/t60-/m0/s1. The maximum atomic E-state index is 12.8. The number of ether oxygens (including phenoxy) is 3. The van der Waals surface area contributed by atoms with Crippen molar-refractivity contribution in [2.24, 2.45) is 0 Å². The van der Waals surface area contributed by atoms with Gasteiger partial charge in [-0.3, -0.25) is 14.4 Å². The molecule has 6 heteroatoms. The number of rotatable bonds is 48. The Morgan fingerprint density at radius 2 is 0.594 bits per heavy atom. The molecular weight excluding hydrogens is 853 g/mol. The van der Waals surface area contributed by atoms with E-state index in [9.17, 15) is 14.4 Å². The minimum absolute atomic E-state index is 0.127. The lowest BCUT2D eigenvalue weighted by Gasteiger charge is -2.18. The van der Waals surface area contributed by atoms with Crippen molar-refractivity contribution in [2.75, 3.05) is 13.2 Å². The van der Waals surface area contributed by atoms with E-state index in [1.54, 1.807) is 0 Å². The minimum Gasteiger partial charge on any atom is -0.462 e. The van der Waals surface area contributed by atoms with Gasteiger partial charge in [0.05, 0.1) is 0 Å². The van der Waals surface area contributed by atoms with E-state index in [0.717, 1.165) is 96.3 Å². The molecule has 0 aromatic carbocycles. The minimum atomic E-state index is -0.838. The van der Waals surface area contributed by atoms with Crippen LogP contribution < -0.4 is 0 Å². The maximum absolute atomic E-state index is 12.8. The van der Waals surface area contributed by atoms with Crippen molar-refractivity contribution in [1.29, 1.82) is 0 Å². The van der Waals surface area contributed by atoms with Crippen molar-refractivity contribution in [3.05, 3.63) is 134 Å². The van der Waals surface area contributed by atoms with Gasteiger partial charge in [-0.05, 0) is 128 Å². The quantitative estimate of drug-likeness (QED) is 0.0262. The number of hydrogen-bond donors (Lipinski definition) is 0. The van der Waals surface area contributed by atoms with Crippen LogP contribution in [0.5, 0.6) is 0 Å². The van der Waals surface area contributed by atoms with Crippen molar-refractivity contribution >= 4 is 17.9 Å². The fourth-order valence-corrected chi connectivity index (χ4v) is 6.97. The average Bonchev–Trinajstić information content (AvgIpc) is 3.35. The lowest BCUT2D eigenvalue weighted by Crippen LogP contribution is -2.30. The Morgan fingerprint density at radius 1 is 0.304 bits per heavy atom. The fourth-order valence-electron chi connectivity index (χ4n) is 6.97. The van der Waals surface area contributed by atoms with Crippen LogP contribution in [0.4, 0.5) is 0 Å². The number of unbranched alkanes of at least 4 members (excludes halogenated alkanes) is 15. The van der Waals surface area contributed by atoms with Crippen LogP contribution in [0, 0.1) is 0 Å². The highest BCUT2D eigenvalue weighted by Gasteiger charge is 2.19. The third kappa shape index (κ3) is 54.4. The monoisotopic (exact) mass is 953 g/mol. The topological polar surface area (TPSA) is 78.9 Å². The molecule has 1 atom stereocenters. The molecule has 0 aromatic heterocycles. The van der Waals surface area contributed by atoms with Gasteiger partial charge in [-0.1, -0.05) is 212 Å². The molecule has 0 unspecified atom stereocenters. The SMILES string of the molecule is CC/C=C\C/C=C\C/C=C\C/C=C\CCCCC(=O)O[C@H](COC(=O)CC/C=C\C/C=C\C/C=C\C/C=C\C/C=C\CCCCC)COC(=O)CCCCCCCCC/C=C\C/C=C\CCCCC. The summed E-state index contributed by atoms with van der Waals surface area (Å²) in [6.07, 6.45) is 78.8. The van der Waals surface area contributed by atoms with Gasteiger partial charge in [0.1, 0.15) is 13.2 Å². The van der Waals surface area contributed by atoms with Crippen LogP contribution >= 0.6 is 0 Å². The van der Waals surface area contributed by atoms with Crippen LogP contribution in [-0.4, -0.2) is 37.2 Å². The molecule has 0 aromatic rings. The Bertz CT molecular complexity index is 1510. The molecule has 0 aliphatic heterocycles. The first-order valence-electron chi connectivity index (χ1n) is 27.7. The molecule has 0 aliphatic rings. The molecule has 0 rings (SSSR count). The number of hydrogen-bond acceptors (Lipinski definition) is 6. The van der Waals surface area contributed by atoms with E-state index in [4.69, 9.17) is 14.2 Å². The van der Waals surface area contributed by atoms with Crippen LogP contribution in [-0.2, 0) is 28.6 Å². The summed E-state index contributed by atoms with van der Waals surface area (Å²) in [5, 5.41) is 0. The second kappa shape index (κ2) is 56.1. The first-order valence-corrected chi connectivity index (χ1v) is 27.7. The summed E-state index contributed by atoms with van der Waals surface area (Å²) in [4.78, 5) is 38.1. The molecule has 0 amide bonds. The zero-order valence-electron chi connectivity index (χ0n) is 44.3. The van der Waals surface area contributed by atoms with Gasteiger partial charge in [0.25, 0.3) is 0 Å². The van der Waals surface area contributed by atoms with E-state index in [-0.39, 0.29) is 44.0 Å². The molecule has 388 valence electrons. The van der Waals surface area contributed by atoms with Gasteiger partial charge in [-0.15, -0.1) is 0 Å². The van der Waals surface area contributed by atoms with Gasteiger partial charge in [-0.25, -0.2) is 0 Å². The lowest BCUT2D eigenvalue weighted by atomic mass is 10.1. The molecule has 0 radical (unpaired) electrons. The Hall–Kier alpha value is -4.45. The Labute approximate surface area is 424 Å². The lowest BCUT2D eigenvalue weighted by molar-refractivity contribution is -0.166. The zero-order chi connectivity index (χ0) is 50.0. The molecule has 0 aliphatic carbocycles. The van der Waals surface area contributed by atoms with Crippen LogP contribution in [0.2, 0.25) is 0 Å². The zero-order valence-corrected chi connectivity index (χ0v) is 44.3. The van der Waals surface area contributed by atoms with Crippen LogP contribution in [0.25, 0.3) is 0 Å². The molecule has 0 N–H and O–H groups in total. The van der Waals surface area contributed by atoms with Gasteiger partial charge < -0.3 is 14.2 Å². The normalized spacial score (nSPS) is 13.1. The molecular formula is C63H100O6. The second-order valence-electron chi connectivity index (χ2n) is 17.7. The largest absolute Gasteiger partial charge is 0.462 e. The third-order valence-electron chi connectivity index (χ3n) is 11.1. The molecule has 0 fully saturated rings. The van der Waals surface area contributed by atoms with E-state index in [1.165, 1.54) is 77.0 Å². The van der Waals surface area contributed by atoms with Crippen molar-refractivity contribution < 1.29 is 28.6 Å². The number of carbonyl (C=O) groups excluding carboxylic acids is 3. The van der Waals surface area contributed by atoms with E-state index in [2.05, 4.69) is 142 Å². The Morgan fingerprint density at radius 3 is 1.00 bits per heavy atom. The molecule has 6 nitrogen and oxygen atoms in total. The van der Waals surface area contributed by atoms with Crippen LogP contribution in [0.1, 0.15) is 226 Å². The van der Waals surface area contributed by atoms with E-state index in [1.807, 2.05) is 12.2 Å². The predicted octanol–water partition coefficient (Wildman–Crippen LogP) is 18.6. The third-order valence-corrected chi connectivity index (χ3v) is 11.1. The summed E-state index contributed by atoms with van der Waals surface area (Å²) in [6, 6.07) is 0. The summed E-state index contributed by atoms with van der Waals surface area (Å²) >= 11 is 0. The van der Waals surface area contributed by atoms with Gasteiger partial charge >= 0.3 is 17.9 Å². The molecule has 0 heterocycles. The van der Waals surface area contributed by atoms with Crippen molar-refractivity contribution in [1.82, 2.24) is 0 Å². The second-order valence-corrected chi connectivity index (χ2v) is 17.7. The van der Waals surface area contributed by atoms with Crippen LogP contribution in [0.15, 0.2) is 134 Å². The molecule has 69 heavy (non-hydrogen) atoms. The van der Waals surface area contributed by atoms with Crippen molar-refractivity contribution in [3.8, 4) is 0 Å². The van der Waals surface area contributed by atoms with Gasteiger partial charge in [-0.2, -0.15) is 0 Å². The molecule has 0 saturated heterocycles. The van der Waals surface area contributed by atoms with E-state index in [0.29, 0.717) is 19.3 Å². The molecule has 0 bridgehead atoms. The fraction of sp³-hybridized carbons (Fsp3) is 0.603. The number of esters is 3. The van der Waals surface area contributed by atoms with E-state index >= 15 is 0 Å². The number of carbonyl (C=O) groups is 3. The first kappa shape index (κ1) is 64.5. The predicted molar refractivity (Wildman–Crippen MR) is 297 cm³/mol. The van der Waals surface area contributed by atoms with Crippen LogP contribution in [0.3, 0.4) is 0 Å². The highest BCUT2D eigenvalue weighted by molar-refractivity contribution is 5.71. The van der Waals surface area contributed by atoms with Crippen molar-refractivity contribution in [2.45, 2.75) is 232 Å². The van der Waals surface area contributed by atoms with Crippen molar-refractivity contribution in [3.63, 3.8) is 0 Å². The molecule has 0 saturated carbocycles. The van der Waals surface area contributed by atoms with E-state index < -0.39 is 6.10 Å². The van der Waals surface area contributed by atoms with Gasteiger partial charge in [0.2, 0.25) is 0 Å². The Balaban J connectivity index is 4.59. The first-order chi connectivity index (χ1) is 34.0. The summed E-state index contributed by atoms with van der Waals surface area (Å²) in [7, 11) is 0. The molecule has 0 spiro atoms. The van der Waals surface area contributed by atoms with Gasteiger partial charge in [0, 0.05) is 19.3 Å².